The largest absolute Gasteiger partial charge is 0.455 e. The molecule has 0 fully saturated rings. The molecule has 6 nitrogen and oxygen atoms in total. The molecular formula is C31H28FN3O3. The smallest absolute Gasteiger partial charge is 0.294 e. The fourth-order valence-electron chi connectivity index (χ4n) is 5.73. The lowest BCUT2D eigenvalue weighted by Gasteiger charge is -2.34. The van der Waals surface area contributed by atoms with Gasteiger partial charge in [-0.2, -0.15) is 5.10 Å². The average Bonchev–Trinajstić information content (AvgIpc) is 3.28. The molecule has 1 aliphatic carbocycles. The summed E-state index contributed by atoms with van der Waals surface area (Å²) >= 11 is 0. The number of furan rings is 1. The Balaban J connectivity index is 1.31. The van der Waals surface area contributed by atoms with Crippen LogP contribution < -0.4 is 10.3 Å². The van der Waals surface area contributed by atoms with Gasteiger partial charge in [-0.1, -0.05) is 36.4 Å². The lowest BCUT2D eigenvalue weighted by atomic mass is 9.92. The van der Waals surface area contributed by atoms with Gasteiger partial charge in [0.15, 0.2) is 5.76 Å². The van der Waals surface area contributed by atoms with Crippen LogP contribution in [0.15, 0.2) is 70.2 Å². The van der Waals surface area contributed by atoms with E-state index >= 15 is 0 Å². The Morgan fingerprint density at radius 3 is 2.74 bits per heavy atom. The summed E-state index contributed by atoms with van der Waals surface area (Å²) in [5.74, 6) is 0.149. The Bertz CT molecular complexity index is 1610. The van der Waals surface area contributed by atoms with Gasteiger partial charge in [0.2, 0.25) is 0 Å². The molecule has 4 aromatic rings. The van der Waals surface area contributed by atoms with Gasteiger partial charge in [-0.05, 0) is 80.1 Å². The molecular weight excluding hydrogens is 481 g/mol. The quantitative estimate of drug-likeness (QED) is 0.328. The number of nitrogens with one attached hydrogen (secondary N) is 1. The summed E-state index contributed by atoms with van der Waals surface area (Å²) in [5.41, 5.74) is 7.04. The highest BCUT2D eigenvalue weighted by Crippen LogP contribution is 2.36. The average molecular weight is 510 g/mol. The van der Waals surface area contributed by atoms with E-state index in [0.29, 0.717) is 35.4 Å². The number of carbonyl (C=O) groups is 2. The molecule has 1 aliphatic heterocycles. The number of hydrazone groups is 1. The Morgan fingerprint density at radius 2 is 1.87 bits per heavy atom. The van der Waals surface area contributed by atoms with Crippen molar-refractivity contribution in [1.82, 2.24) is 5.43 Å². The van der Waals surface area contributed by atoms with E-state index in [1.807, 2.05) is 50.2 Å². The molecule has 0 spiro atoms. The highest BCUT2D eigenvalue weighted by Gasteiger charge is 2.35. The van der Waals surface area contributed by atoms with Crippen molar-refractivity contribution in [3.63, 3.8) is 0 Å². The molecule has 1 aromatic heterocycles. The first-order chi connectivity index (χ1) is 18.4. The molecule has 2 heterocycles. The summed E-state index contributed by atoms with van der Waals surface area (Å²) in [6, 6.07) is 17.9. The number of aryl methyl sites for hydroxylation is 2. The van der Waals surface area contributed by atoms with Crippen LogP contribution >= 0.6 is 0 Å². The van der Waals surface area contributed by atoms with Gasteiger partial charge in [-0.15, -0.1) is 0 Å². The maximum atomic E-state index is 13.9. The number of benzene rings is 3. The van der Waals surface area contributed by atoms with E-state index in [9.17, 15) is 14.0 Å². The lowest BCUT2D eigenvalue weighted by Crippen LogP contribution is -2.42. The molecule has 0 saturated heterocycles. The van der Waals surface area contributed by atoms with Crippen LogP contribution in [0.5, 0.6) is 0 Å². The normalized spacial score (nSPS) is 17.8. The molecule has 6 rings (SSSR count). The topological polar surface area (TPSA) is 74.9 Å². The second-order valence-electron chi connectivity index (χ2n) is 10.1. The van der Waals surface area contributed by atoms with E-state index in [4.69, 9.17) is 4.42 Å². The summed E-state index contributed by atoms with van der Waals surface area (Å²) in [6.07, 6.45) is 3.63. The Hall–Kier alpha value is -4.26. The standard InChI is InChI=1S/C31H28FN3O3/c1-18-13-14-21-17-22(32)15-16-26(21)35(18)31(37)29-19(2)28-25(11-6-12-27(28)38-29)33-34-30(36)24-10-5-8-20-7-3-4-9-23(20)24/h3-5,7-10,15-18H,6,11-14H2,1-2H3,(H,34,36)/b33-25+. The van der Waals surface area contributed by atoms with Crippen molar-refractivity contribution in [2.45, 2.75) is 52.0 Å². The molecule has 0 radical (unpaired) electrons. The zero-order valence-electron chi connectivity index (χ0n) is 21.4. The highest BCUT2D eigenvalue weighted by molar-refractivity contribution is 6.11. The summed E-state index contributed by atoms with van der Waals surface area (Å²) in [5, 5.41) is 6.35. The zero-order valence-corrected chi connectivity index (χ0v) is 21.4. The summed E-state index contributed by atoms with van der Waals surface area (Å²) in [7, 11) is 0. The van der Waals surface area contributed by atoms with Crippen LogP contribution in [0.1, 0.15) is 69.5 Å². The molecule has 0 bridgehead atoms. The third-order valence-corrected chi connectivity index (χ3v) is 7.64. The summed E-state index contributed by atoms with van der Waals surface area (Å²) in [4.78, 5) is 28.6. The van der Waals surface area contributed by atoms with Crippen molar-refractivity contribution in [3.05, 3.63) is 100 Å². The highest BCUT2D eigenvalue weighted by atomic mass is 19.1. The summed E-state index contributed by atoms with van der Waals surface area (Å²) < 4.78 is 20.0. The van der Waals surface area contributed by atoms with E-state index in [-0.39, 0.29) is 29.4 Å². The monoisotopic (exact) mass is 509 g/mol. The third-order valence-electron chi connectivity index (χ3n) is 7.64. The minimum Gasteiger partial charge on any atom is -0.455 e. The van der Waals surface area contributed by atoms with Gasteiger partial charge in [0.1, 0.15) is 11.6 Å². The van der Waals surface area contributed by atoms with Crippen LogP contribution in [0.3, 0.4) is 0 Å². The third kappa shape index (κ3) is 4.08. The van der Waals surface area contributed by atoms with Crippen molar-refractivity contribution in [2.24, 2.45) is 5.10 Å². The number of rotatable bonds is 3. The minimum atomic E-state index is -0.304. The predicted octanol–water partition coefficient (Wildman–Crippen LogP) is 6.33. The van der Waals surface area contributed by atoms with Crippen molar-refractivity contribution in [3.8, 4) is 0 Å². The van der Waals surface area contributed by atoms with E-state index in [0.717, 1.165) is 46.8 Å². The minimum absolute atomic E-state index is 0.0462. The van der Waals surface area contributed by atoms with Gasteiger partial charge in [-0.3, -0.25) is 9.59 Å². The number of amides is 2. The first-order valence-corrected chi connectivity index (χ1v) is 13.0. The Kier molecular flexibility index (Phi) is 6.06. The number of nitrogens with zero attached hydrogens (tertiary/aromatic N) is 2. The lowest BCUT2D eigenvalue weighted by molar-refractivity contribution is 0.0942. The van der Waals surface area contributed by atoms with Crippen LogP contribution in [0.25, 0.3) is 10.8 Å². The Morgan fingerprint density at radius 1 is 1.05 bits per heavy atom. The van der Waals surface area contributed by atoms with Crippen molar-refractivity contribution in [1.29, 1.82) is 0 Å². The number of hydrogen-bond donors (Lipinski definition) is 1. The number of carbonyl (C=O) groups excluding carboxylic acids is 2. The second-order valence-corrected chi connectivity index (χ2v) is 10.1. The van der Waals surface area contributed by atoms with E-state index in [1.165, 1.54) is 12.1 Å². The van der Waals surface area contributed by atoms with E-state index in [1.54, 1.807) is 17.0 Å². The molecule has 38 heavy (non-hydrogen) atoms. The SMILES string of the molecule is Cc1c(C(=O)N2c3ccc(F)cc3CCC2C)oc2c1/C(=N/NC(=O)c1cccc3ccccc13)CCC2. The van der Waals surface area contributed by atoms with Crippen molar-refractivity contribution >= 4 is 34.0 Å². The maximum Gasteiger partial charge on any atom is 0.294 e. The molecule has 3 aromatic carbocycles. The van der Waals surface area contributed by atoms with Crippen LogP contribution in [-0.2, 0) is 12.8 Å². The van der Waals surface area contributed by atoms with Crippen LogP contribution in [0.2, 0.25) is 0 Å². The molecule has 192 valence electrons. The van der Waals surface area contributed by atoms with Gasteiger partial charge in [0, 0.05) is 34.8 Å². The van der Waals surface area contributed by atoms with Gasteiger partial charge >= 0.3 is 0 Å². The molecule has 1 N–H and O–H groups in total. The Labute approximate surface area is 220 Å². The van der Waals surface area contributed by atoms with Gasteiger partial charge in [0.05, 0.1) is 5.71 Å². The zero-order chi connectivity index (χ0) is 26.4. The number of fused-ring (bicyclic) bond motifs is 3. The number of anilines is 1. The first-order valence-electron chi connectivity index (χ1n) is 13.0. The van der Waals surface area contributed by atoms with Gasteiger partial charge in [-0.25, -0.2) is 9.82 Å². The molecule has 7 heteroatoms. The second kappa shape index (κ2) is 9.56. The van der Waals surface area contributed by atoms with E-state index < -0.39 is 0 Å². The number of halogens is 1. The number of hydrogen-bond acceptors (Lipinski definition) is 4. The maximum absolute atomic E-state index is 13.9. The van der Waals surface area contributed by atoms with Gasteiger partial charge in [0.25, 0.3) is 11.8 Å². The first kappa shape index (κ1) is 24.1. The molecule has 2 aliphatic rings. The fourth-order valence-corrected chi connectivity index (χ4v) is 5.73. The van der Waals surface area contributed by atoms with Crippen LogP contribution in [0.4, 0.5) is 10.1 Å². The molecule has 1 unspecified atom stereocenters. The van der Waals surface area contributed by atoms with E-state index in [2.05, 4.69) is 10.5 Å². The van der Waals surface area contributed by atoms with Crippen molar-refractivity contribution in [2.75, 3.05) is 4.90 Å². The fraction of sp³-hybridized carbons (Fsp3) is 0.258. The van der Waals surface area contributed by atoms with Crippen LogP contribution in [-0.4, -0.2) is 23.6 Å². The van der Waals surface area contributed by atoms with Gasteiger partial charge < -0.3 is 9.32 Å². The predicted molar refractivity (Wildman–Crippen MR) is 145 cm³/mol. The molecule has 1 atom stereocenters. The molecule has 2 amide bonds. The summed E-state index contributed by atoms with van der Waals surface area (Å²) in [6.45, 7) is 3.86. The molecule has 0 saturated carbocycles. The van der Waals surface area contributed by atoms with Crippen LogP contribution in [0, 0.1) is 12.7 Å². The van der Waals surface area contributed by atoms with Crippen molar-refractivity contribution < 1.29 is 18.4 Å².